The summed E-state index contributed by atoms with van der Waals surface area (Å²) in [5, 5.41) is 0. The van der Waals surface area contributed by atoms with Crippen LogP contribution in [-0.2, 0) is 22.2 Å². The molecule has 118 valence electrons. The van der Waals surface area contributed by atoms with Crippen LogP contribution in [-0.4, -0.2) is 8.42 Å². The van der Waals surface area contributed by atoms with Gasteiger partial charge in [-0.25, -0.2) is 13.1 Å². The number of hydrogen-bond acceptors (Lipinski definition) is 2. The number of sulfonamides is 1. The lowest BCUT2D eigenvalue weighted by Gasteiger charge is -2.15. The molecule has 0 aliphatic carbocycles. The van der Waals surface area contributed by atoms with Crippen molar-refractivity contribution < 1.29 is 8.42 Å². The highest BCUT2D eigenvalue weighted by molar-refractivity contribution is 9.10. The van der Waals surface area contributed by atoms with Crippen LogP contribution in [0.5, 0.6) is 0 Å². The van der Waals surface area contributed by atoms with Crippen molar-refractivity contribution in [1.82, 2.24) is 4.72 Å². The molecular formula is C17H20BrNO2S. The van der Waals surface area contributed by atoms with Crippen LogP contribution >= 0.6 is 15.9 Å². The Labute approximate surface area is 140 Å². The van der Waals surface area contributed by atoms with E-state index < -0.39 is 10.0 Å². The van der Waals surface area contributed by atoms with Gasteiger partial charge in [-0.1, -0.05) is 59.3 Å². The van der Waals surface area contributed by atoms with E-state index in [9.17, 15) is 8.42 Å². The Kier molecular flexibility index (Phi) is 5.78. The van der Waals surface area contributed by atoms with Gasteiger partial charge in [-0.05, 0) is 42.2 Å². The molecule has 5 heteroatoms. The first-order chi connectivity index (χ1) is 10.4. The van der Waals surface area contributed by atoms with Gasteiger partial charge in [0.25, 0.3) is 0 Å². The van der Waals surface area contributed by atoms with Gasteiger partial charge in [0.05, 0.1) is 5.75 Å². The summed E-state index contributed by atoms with van der Waals surface area (Å²) in [4.78, 5) is 0. The van der Waals surface area contributed by atoms with E-state index in [0.29, 0.717) is 0 Å². The summed E-state index contributed by atoms with van der Waals surface area (Å²) >= 11 is 3.36. The molecule has 0 radical (unpaired) electrons. The van der Waals surface area contributed by atoms with Gasteiger partial charge < -0.3 is 0 Å². The smallest absolute Gasteiger partial charge is 0.212 e. The van der Waals surface area contributed by atoms with Crippen molar-refractivity contribution in [2.24, 2.45) is 0 Å². The minimum atomic E-state index is -3.39. The van der Waals surface area contributed by atoms with Gasteiger partial charge in [0, 0.05) is 10.5 Å². The zero-order valence-electron chi connectivity index (χ0n) is 12.7. The maximum atomic E-state index is 12.3. The van der Waals surface area contributed by atoms with Crippen LogP contribution in [0.15, 0.2) is 53.0 Å². The Morgan fingerprint density at radius 2 is 1.77 bits per heavy atom. The molecule has 0 amide bonds. The van der Waals surface area contributed by atoms with Crippen LogP contribution in [0.25, 0.3) is 0 Å². The third-order valence-corrected chi connectivity index (χ3v) is 5.41. The molecule has 2 rings (SSSR count). The molecule has 0 heterocycles. The number of rotatable bonds is 6. The van der Waals surface area contributed by atoms with Crippen LogP contribution in [0, 0.1) is 0 Å². The van der Waals surface area contributed by atoms with Gasteiger partial charge >= 0.3 is 0 Å². The monoisotopic (exact) mass is 381 g/mol. The minimum absolute atomic E-state index is 0.0240. The standard InChI is InChI=1S/C17H20BrNO2S/c1-3-14-7-9-16(10-8-14)13(2)19-22(20,21)12-15-5-4-6-17(18)11-15/h4-11,13,19H,3,12H2,1-2H3/t13-/m0/s1. The summed E-state index contributed by atoms with van der Waals surface area (Å²) in [6.07, 6.45) is 0.975. The van der Waals surface area contributed by atoms with E-state index in [1.165, 1.54) is 5.56 Å². The maximum Gasteiger partial charge on any atom is 0.216 e. The molecule has 0 saturated carbocycles. The van der Waals surface area contributed by atoms with E-state index in [-0.39, 0.29) is 11.8 Å². The van der Waals surface area contributed by atoms with Crippen molar-refractivity contribution in [3.05, 3.63) is 69.7 Å². The van der Waals surface area contributed by atoms with Gasteiger partial charge in [0.1, 0.15) is 0 Å². The third-order valence-electron chi connectivity index (χ3n) is 3.49. The molecule has 1 atom stereocenters. The van der Waals surface area contributed by atoms with Crippen molar-refractivity contribution in [3.8, 4) is 0 Å². The summed E-state index contributed by atoms with van der Waals surface area (Å²) in [5.74, 6) is -0.0240. The number of aryl methyl sites for hydroxylation is 1. The number of nitrogens with one attached hydrogen (secondary N) is 1. The number of halogens is 1. The SMILES string of the molecule is CCc1ccc([C@H](C)NS(=O)(=O)Cc2cccc(Br)c2)cc1. The average Bonchev–Trinajstić information content (AvgIpc) is 2.46. The second kappa shape index (κ2) is 7.40. The molecule has 0 aromatic heterocycles. The molecule has 1 N–H and O–H groups in total. The van der Waals surface area contributed by atoms with E-state index in [0.717, 1.165) is 22.0 Å². The molecule has 2 aromatic rings. The van der Waals surface area contributed by atoms with E-state index in [1.54, 1.807) is 0 Å². The van der Waals surface area contributed by atoms with Gasteiger partial charge in [0.2, 0.25) is 10.0 Å². The molecule has 0 aliphatic rings. The van der Waals surface area contributed by atoms with Crippen molar-refractivity contribution >= 4 is 26.0 Å². The van der Waals surface area contributed by atoms with Crippen LogP contribution in [0.2, 0.25) is 0 Å². The zero-order chi connectivity index (χ0) is 16.2. The summed E-state index contributed by atoms with van der Waals surface area (Å²) < 4.78 is 28.2. The second-order valence-electron chi connectivity index (χ2n) is 5.32. The molecular weight excluding hydrogens is 362 g/mol. The quantitative estimate of drug-likeness (QED) is 0.814. The summed E-state index contributed by atoms with van der Waals surface area (Å²) in [7, 11) is -3.39. The van der Waals surface area contributed by atoms with Crippen LogP contribution in [0.3, 0.4) is 0 Å². The Bertz CT molecular complexity index is 727. The predicted molar refractivity (Wildman–Crippen MR) is 94.1 cm³/mol. The van der Waals surface area contributed by atoms with Gasteiger partial charge in [-0.2, -0.15) is 0 Å². The summed E-state index contributed by atoms with van der Waals surface area (Å²) in [5.41, 5.74) is 2.97. The lowest BCUT2D eigenvalue weighted by molar-refractivity contribution is 0.566. The molecule has 0 bridgehead atoms. The Balaban J connectivity index is 2.07. The molecule has 22 heavy (non-hydrogen) atoms. The van der Waals surface area contributed by atoms with Gasteiger partial charge in [-0.3, -0.25) is 0 Å². The Morgan fingerprint density at radius 1 is 1.09 bits per heavy atom. The third kappa shape index (κ3) is 4.93. The second-order valence-corrected chi connectivity index (χ2v) is 7.99. The van der Waals surface area contributed by atoms with Gasteiger partial charge in [-0.15, -0.1) is 0 Å². The molecule has 0 unspecified atom stereocenters. The van der Waals surface area contributed by atoms with Crippen LogP contribution < -0.4 is 4.72 Å². The van der Waals surface area contributed by atoms with Crippen molar-refractivity contribution in [1.29, 1.82) is 0 Å². The normalized spacial score (nSPS) is 13.0. The number of hydrogen-bond donors (Lipinski definition) is 1. The first-order valence-electron chi connectivity index (χ1n) is 7.23. The fourth-order valence-electron chi connectivity index (χ4n) is 2.27. The lowest BCUT2D eigenvalue weighted by Crippen LogP contribution is -2.28. The minimum Gasteiger partial charge on any atom is -0.212 e. The first kappa shape index (κ1) is 17.2. The fraction of sp³-hybridized carbons (Fsp3) is 0.294. The van der Waals surface area contributed by atoms with E-state index in [4.69, 9.17) is 0 Å². The molecule has 0 fully saturated rings. The van der Waals surface area contributed by atoms with Crippen molar-refractivity contribution in [2.75, 3.05) is 0 Å². The highest BCUT2D eigenvalue weighted by Crippen LogP contribution is 2.17. The molecule has 0 aliphatic heterocycles. The highest BCUT2D eigenvalue weighted by Gasteiger charge is 2.16. The molecule has 0 saturated heterocycles. The first-order valence-corrected chi connectivity index (χ1v) is 9.67. The summed E-state index contributed by atoms with van der Waals surface area (Å²) in [6, 6.07) is 15.1. The topological polar surface area (TPSA) is 46.2 Å². The molecule has 0 spiro atoms. The van der Waals surface area contributed by atoms with E-state index in [1.807, 2.05) is 55.5 Å². The highest BCUT2D eigenvalue weighted by atomic mass is 79.9. The van der Waals surface area contributed by atoms with Gasteiger partial charge in [0.15, 0.2) is 0 Å². The zero-order valence-corrected chi connectivity index (χ0v) is 15.1. The lowest BCUT2D eigenvalue weighted by atomic mass is 10.1. The fourth-order valence-corrected chi connectivity index (χ4v) is 4.09. The van der Waals surface area contributed by atoms with E-state index in [2.05, 4.69) is 27.6 Å². The Hall–Kier alpha value is -1.17. The van der Waals surface area contributed by atoms with Crippen molar-refractivity contribution in [2.45, 2.75) is 32.1 Å². The van der Waals surface area contributed by atoms with Crippen molar-refractivity contribution in [3.63, 3.8) is 0 Å². The largest absolute Gasteiger partial charge is 0.216 e. The molecule has 3 nitrogen and oxygen atoms in total. The maximum absolute atomic E-state index is 12.3. The molecule has 2 aromatic carbocycles. The average molecular weight is 382 g/mol. The van der Waals surface area contributed by atoms with Crippen LogP contribution in [0.4, 0.5) is 0 Å². The Morgan fingerprint density at radius 3 is 2.36 bits per heavy atom. The van der Waals surface area contributed by atoms with E-state index >= 15 is 0 Å². The predicted octanol–water partition coefficient (Wildman–Crippen LogP) is 4.19. The van der Waals surface area contributed by atoms with Crippen LogP contribution in [0.1, 0.15) is 36.6 Å². The number of benzene rings is 2. The summed E-state index contributed by atoms with van der Waals surface area (Å²) in [6.45, 7) is 3.96.